The van der Waals surface area contributed by atoms with Gasteiger partial charge in [-0.05, 0) is 18.1 Å². The Morgan fingerprint density at radius 1 is 1.40 bits per heavy atom. The normalized spacial score (nSPS) is 15.1. The average molecular weight is 279 g/mol. The molecule has 7 nitrogen and oxygen atoms in total. The molecule has 1 aromatic rings. The number of benzene rings is 1. The number of nitrogens with zero attached hydrogens (tertiary/aromatic N) is 2. The van der Waals surface area contributed by atoms with Crippen LogP contribution in [0.25, 0.3) is 0 Å². The molecule has 7 heteroatoms. The van der Waals surface area contributed by atoms with Gasteiger partial charge in [0.15, 0.2) is 5.75 Å². The highest BCUT2D eigenvalue weighted by molar-refractivity contribution is 5.76. The Bertz CT molecular complexity index is 512. The number of nitrogens with one attached hydrogen (secondary N) is 1. The number of hydrogen-bond donors (Lipinski definition) is 2. The largest absolute Gasteiger partial charge is 0.502 e. The van der Waals surface area contributed by atoms with E-state index in [-0.39, 0.29) is 17.3 Å². The van der Waals surface area contributed by atoms with Crippen LogP contribution in [0.5, 0.6) is 5.75 Å². The lowest BCUT2D eigenvalue weighted by Crippen LogP contribution is -2.46. The summed E-state index contributed by atoms with van der Waals surface area (Å²) < 4.78 is 0. The number of aryl methyl sites for hydroxylation is 1. The highest BCUT2D eigenvalue weighted by Gasteiger charge is 2.17. The Morgan fingerprint density at radius 3 is 2.75 bits per heavy atom. The fourth-order valence-corrected chi connectivity index (χ4v) is 2.19. The molecule has 2 N–H and O–H groups in total. The number of hydrogen-bond acceptors (Lipinski definition) is 5. The molecule has 0 unspecified atom stereocenters. The summed E-state index contributed by atoms with van der Waals surface area (Å²) >= 11 is 0. The molecule has 0 spiro atoms. The van der Waals surface area contributed by atoms with Crippen LogP contribution >= 0.6 is 0 Å². The smallest absolute Gasteiger partial charge is 0.310 e. The third kappa shape index (κ3) is 3.45. The maximum atomic E-state index is 12.0. The maximum Gasteiger partial charge on any atom is 0.310 e. The van der Waals surface area contributed by atoms with Gasteiger partial charge in [-0.25, -0.2) is 0 Å². The van der Waals surface area contributed by atoms with Gasteiger partial charge < -0.3 is 15.3 Å². The van der Waals surface area contributed by atoms with Crippen molar-refractivity contribution in [3.63, 3.8) is 0 Å². The summed E-state index contributed by atoms with van der Waals surface area (Å²) in [6.45, 7) is 3.01. The van der Waals surface area contributed by atoms with Gasteiger partial charge in [-0.15, -0.1) is 0 Å². The second-order valence-corrected chi connectivity index (χ2v) is 4.71. The molecular formula is C13H17N3O4. The van der Waals surface area contributed by atoms with Crippen molar-refractivity contribution in [1.29, 1.82) is 0 Å². The number of carbonyl (C=O) groups excluding carboxylic acids is 1. The Morgan fingerprint density at radius 2 is 2.10 bits per heavy atom. The average Bonchev–Trinajstić information content (AvgIpc) is 2.46. The van der Waals surface area contributed by atoms with Gasteiger partial charge in [0.1, 0.15) is 0 Å². The van der Waals surface area contributed by atoms with E-state index in [2.05, 4.69) is 5.32 Å². The molecule has 1 aromatic carbocycles. The lowest BCUT2D eigenvalue weighted by Gasteiger charge is -2.27. The van der Waals surface area contributed by atoms with E-state index in [1.165, 1.54) is 12.1 Å². The molecule has 1 aliphatic rings. The molecule has 1 amide bonds. The van der Waals surface area contributed by atoms with Crippen LogP contribution in [-0.4, -0.2) is 47.0 Å². The van der Waals surface area contributed by atoms with Crippen molar-refractivity contribution in [3.05, 3.63) is 33.9 Å². The zero-order chi connectivity index (χ0) is 14.5. The first-order chi connectivity index (χ1) is 9.58. The van der Waals surface area contributed by atoms with E-state index in [0.29, 0.717) is 31.5 Å². The van der Waals surface area contributed by atoms with Gasteiger partial charge in [0.25, 0.3) is 0 Å². The Hall–Kier alpha value is -2.15. The molecule has 1 aliphatic heterocycles. The molecule has 0 atom stereocenters. The third-order valence-electron chi connectivity index (χ3n) is 3.33. The number of rotatable bonds is 4. The van der Waals surface area contributed by atoms with Gasteiger partial charge in [0.05, 0.1) is 4.92 Å². The van der Waals surface area contributed by atoms with Crippen molar-refractivity contribution in [2.45, 2.75) is 12.8 Å². The minimum absolute atomic E-state index is 0.0576. The zero-order valence-corrected chi connectivity index (χ0v) is 11.0. The van der Waals surface area contributed by atoms with E-state index in [0.717, 1.165) is 13.1 Å². The van der Waals surface area contributed by atoms with E-state index in [4.69, 9.17) is 0 Å². The Kier molecular flexibility index (Phi) is 4.52. The van der Waals surface area contributed by atoms with Crippen LogP contribution < -0.4 is 5.32 Å². The minimum Gasteiger partial charge on any atom is -0.502 e. The molecule has 0 radical (unpaired) electrons. The first-order valence-electron chi connectivity index (χ1n) is 6.52. The van der Waals surface area contributed by atoms with Gasteiger partial charge in [0, 0.05) is 38.7 Å². The Labute approximate surface area is 116 Å². The van der Waals surface area contributed by atoms with Gasteiger partial charge in [-0.1, -0.05) is 6.07 Å². The monoisotopic (exact) mass is 279 g/mol. The first kappa shape index (κ1) is 14.3. The van der Waals surface area contributed by atoms with Gasteiger partial charge in [0.2, 0.25) is 5.91 Å². The van der Waals surface area contributed by atoms with Crippen LogP contribution in [-0.2, 0) is 11.2 Å². The molecule has 1 fully saturated rings. The molecule has 0 saturated carbocycles. The SMILES string of the molecule is O=C(CCc1ccc(O)c([N+](=O)[O-])c1)N1CCNCC1. The number of piperazine rings is 1. The van der Waals surface area contributed by atoms with Crippen molar-refractivity contribution < 1.29 is 14.8 Å². The summed E-state index contributed by atoms with van der Waals surface area (Å²) in [6, 6.07) is 4.22. The standard InChI is InChI=1S/C13H17N3O4/c17-12-3-1-10(9-11(12)16(19)20)2-4-13(18)15-7-5-14-6-8-15/h1,3,9,14,17H,2,4-8H2. The topological polar surface area (TPSA) is 95.7 Å². The van der Waals surface area contributed by atoms with Crippen molar-refractivity contribution in [1.82, 2.24) is 10.2 Å². The van der Waals surface area contributed by atoms with Gasteiger partial charge in [-0.2, -0.15) is 0 Å². The van der Waals surface area contributed by atoms with Crippen LogP contribution in [0.3, 0.4) is 0 Å². The van der Waals surface area contributed by atoms with Crippen molar-refractivity contribution in [3.8, 4) is 5.75 Å². The fraction of sp³-hybridized carbons (Fsp3) is 0.462. The van der Waals surface area contributed by atoms with Crippen LogP contribution in [0.2, 0.25) is 0 Å². The summed E-state index contributed by atoms with van der Waals surface area (Å²) in [7, 11) is 0. The highest BCUT2D eigenvalue weighted by Crippen LogP contribution is 2.26. The quantitative estimate of drug-likeness (QED) is 0.623. The summed E-state index contributed by atoms with van der Waals surface area (Å²) in [4.78, 5) is 23.9. The lowest BCUT2D eigenvalue weighted by molar-refractivity contribution is -0.385. The van der Waals surface area contributed by atoms with Crippen molar-refractivity contribution in [2.75, 3.05) is 26.2 Å². The molecule has 20 heavy (non-hydrogen) atoms. The van der Waals surface area contributed by atoms with Gasteiger partial charge in [-0.3, -0.25) is 14.9 Å². The first-order valence-corrected chi connectivity index (χ1v) is 6.52. The summed E-state index contributed by atoms with van der Waals surface area (Å²) in [5, 5.41) is 23.3. The fourth-order valence-electron chi connectivity index (χ4n) is 2.19. The van der Waals surface area contributed by atoms with E-state index in [9.17, 15) is 20.0 Å². The van der Waals surface area contributed by atoms with Crippen molar-refractivity contribution >= 4 is 11.6 Å². The Balaban J connectivity index is 1.95. The predicted molar refractivity (Wildman–Crippen MR) is 72.5 cm³/mol. The predicted octanol–water partition coefficient (Wildman–Crippen LogP) is 0.665. The maximum absolute atomic E-state index is 12.0. The lowest BCUT2D eigenvalue weighted by atomic mass is 10.1. The molecule has 0 bridgehead atoms. The number of phenolic OH excluding ortho intramolecular Hbond substituents is 1. The molecule has 0 aromatic heterocycles. The van der Waals surface area contributed by atoms with Crippen LogP contribution in [0.4, 0.5) is 5.69 Å². The van der Waals surface area contributed by atoms with Crippen LogP contribution in [0.15, 0.2) is 18.2 Å². The number of phenols is 1. The number of nitro groups is 1. The number of nitro benzene ring substituents is 1. The summed E-state index contributed by atoms with van der Waals surface area (Å²) in [5.74, 6) is -0.297. The molecular weight excluding hydrogens is 262 g/mol. The molecule has 108 valence electrons. The van der Waals surface area contributed by atoms with Gasteiger partial charge >= 0.3 is 5.69 Å². The van der Waals surface area contributed by atoms with E-state index >= 15 is 0 Å². The zero-order valence-electron chi connectivity index (χ0n) is 11.0. The molecule has 0 aliphatic carbocycles. The summed E-state index contributed by atoms with van der Waals surface area (Å²) in [6.07, 6.45) is 0.756. The van der Waals surface area contributed by atoms with Crippen LogP contribution in [0.1, 0.15) is 12.0 Å². The second kappa shape index (κ2) is 6.33. The number of amides is 1. The second-order valence-electron chi connectivity index (χ2n) is 4.71. The number of carbonyl (C=O) groups is 1. The van der Waals surface area contributed by atoms with E-state index in [1.54, 1.807) is 11.0 Å². The molecule has 1 heterocycles. The molecule has 2 rings (SSSR count). The van der Waals surface area contributed by atoms with Crippen molar-refractivity contribution in [2.24, 2.45) is 0 Å². The molecule has 1 saturated heterocycles. The van der Waals surface area contributed by atoms with E-state index < -0.39 is 4.92 Å². The summed E-state index contributed by atoms with van der Waals surface area (Å²) in [5.41, 5.74) is 0.357. The minimum atomic E-state index is -0.628. The third-order valence-corrected chi connectivity index (χ3v) is 3.33. The highest BCUT2D eigenvalue weighted by atomic mass is 16.6. The van der Waals surface area contributed by atoms with Crippen LogP contribution in [0, 0.1) is 10.1 Å². The number of aromatic hydroxyl groups is 1. The van der Waals surface area contributed by atoms with E-state index in [1.807, 2.05) is 0 Å².